The number of amides is 1. The quantitative estimate of drug-likeness (QED) is 0.303. The van der Waals surface area contributed by atoms with E-state index in [1.54, 1.807) is 29.6 Å². The van der Waals surface area contributed by atoms with Crippen LogP contribution < -0.4 is 5.32 Å². The number of carbonyl (C=O) groups is 1. The van der Waals surface area contributed by atoms with Crippen molar-refractivity contribution in [2.75, 3.05) is 5.32 Å². The van der Waals surface area contributed by atoms with Crippen molar-refractivity contribution in [3.05, 3.63) is 63.0 Å². The van der Waals surface area contributed by atoms with E-state index < -0.39 is 5.91 Å². The average Bonchev–Trinajstić information content (AvgIpc) is 3.13. The highest BCUT2D eigenvalue weighted by Crippen LogP contribution is 2.31. The number of phenolic OH excluding ortho intramolecular Hbond substituents is 2. The van der Waals surface area contributed by atoms with Crippen molar-refractivity contribution >= 4 is 51.7 Å². The molecular weight excluding hydrogens is 421 g/mol. The number of nitriles is 1. The van der Waals surface area contributed by atoms with E-state index in [1.165, 1.54) is 35.6 Å². The van der Waals surface area contributed by atoms with Crippen LogP contribution in [0, 0.1) is 11.3 Å². The van der Waals surface area contributed by atoms with Crippen LogP contribution in [0.25, 0.3) is 17.3 Å². The largest absolute Gasteiger partial charge is 0.504 e. The number of nitrogens with zero attached hydrogens (tertiary/aromatic N) is 2. The fraction of sp³-hybridized carbons (Fsp3) is 0. The van der Waals surface area contributed by atoms with Crippen LogP contribution in [0.15, 0.2) is 47.4 Å². The molecule has 0 radical (unpaired) electrons. The number of benzene rings is 2. The Bertz CT molecular complexity index is 1140. The molecule has 3 N–H and O–H groups in total. The third-order valence-corrected chi connectivity index (χ3v) is 5.11. The maximum Gasteiger partial charge on any atom is 0.268 e. The molecule has 1 heterocycles. The lowest BCUT2D eigenvalue weighted by molar-refractivity contribution is -0.112. The fourth-order valence-electron chi connectivity index (χ4n) is 2.23. The van der Waals surface area contributed by atoms with Gasteiger partial charge in [-0.05, 0) is 35.9 Å². The van der Waals surface area contributed by atoms with Crippen LogP contribution in [0.1, 0.15) is 5.56 Å². The van der Waals surface area contributed by atoms with Crippen LogP contribution in [0.5, 0.6) is 11.5 Å². The van der Waals surface area contributed by atoms with Gasteiger partial charge in [0.05, 0.1) is 15.7 Å². The molecule has 9 heteroatoms. The van der Waals surface area contributed by atoms with Crippen LogP contribution in [-0.2, 0) is 4.79 Å². The molecular formula is C19H11Cl2N3O3S. The summed E-state index contributed by atoms with van der Waals surface area (Å²) < 4.78 is 0. The number of thiazole rings is 1. The predicted molar refractivity (Wildman–Crippen MR) is 110 cm³/mol. The molecule has 0 aliphatic heterocycles. The molecule has 0 aliphatic rings. The number of halogens is 2. The Labute approximate surface area is 173 Å². The number of aromatic nitrogens is 1. The maximum atomic E-state index is 12.4. The van der Waals surface area contributed by atoms with E-state index >= 15 is 0 Å². The first-order valence-electron chi connectivity index (χ1n) is 7.73. The van der Waals surface area contributed by atoms with Crippen LogP contribution in [0.4, 0.5) is 5.13 Å². The molecule has 0 bridgehead atoms. The molecule has 1 aromatic heterocycles. The second-order valence-electron chi connectivity index (χ2n) is 5.54. The van der Waals surface area contributed by atoms with E-state index in [4.69, 9.17) is 23.2 Å². The van der Waals surface area contributed by atoms with Crippen molar-refractivity contribution in [3.63, 3.8) is 0 Å². The lowest BCUT2D eigenvalue weighted by Crippen LogP contribution is -2.13. The van der Waals surface area contributed by atoms with Crippen LogP contribution >= 0.6 is 34.5 Å². The van der Waals surface area contributed by atoms with Gasteiger partial charge in [0.15, 0.2) is 16.6 Å². The van der Waals surface area contributed by atoms with Crippen LogP contribution in [-0.4, -0.2) is 21.1 Å². The summed E-state index contributed by atoms with van der Waals surface area (Å²) in [4.78, 5) is 16.7. The SMILES string of the molecule is N#C/C(=C\c1ccc(O)c(O)c1)C(=O)Nc1nc(-c2ccc(Cl)c(Cl)c2)cs1. The zero-order valence-electron chi connectivity index (χ0n) is 14.0. The molecule has 3 rings (SSSR count). The van der Waals surface area contributed by atoms with E-state index in [2.05, 4.69) is 10.3 Å². The van der Waals surface area contributed by atoms with Gasteiger partial charge in [0.1, 0.15) is 11.6 Å². The lowest BCUT2D eigenvalue weighted by Gasteiger charge is -2.02. The summed E-state index contributed by atoms with van der Waals surface area (Å²) in [6.45, 7) is 0. The molecule has 0 unspecified atom stereocenters. The zero-order valence-corrected chi connectivity index (χ0v) is 16.3. The van der Waals surface area contributed by atoms with E-state index in [1.807, 2.05) is 0 Å². The smallest absolute Gasteiger partial charge is 0.268 e. The first-order chi connectivity index (χ1) is 13.4. The van der Waals surface area contributed by atoms with Gasteiger partial charge < -0.3 is 10.2 Å². The third kappa shape index (κ3) is 4.43. The molecule has 0 saturated heterocycles. The lowest BCUT2D eigenvalue weighted by atomic mass is 10.1. The Morgan fingerprint density at radius 2 is 1.93 bits per heavy atom. The number of hydrogen-bond donors (Lipinski definition) is 3. The van der Waals surface area contributed by atoms with Gasteiger partial charge in [0.2, 0.25) is 0 Å². The summed E-state index contributed by atoms with van der Waals surface area (Å²) in [6.07, 6.45) is 1.29. The van der Waals surface area contributed by atoms with Crippen molar-refractivity contribution in [1.29, 1.82) is 5.26 Å². The highest BCUT2D eigenvalue weighted by atomic mass is 35.5. The highest BCUT2D eigenvalue weighted by molar-refractivity contribution is 7.14. The Balaban J connectivity index is 1.79. The van der Waals surface area contributed by atoms with Crippen molar-refractivity contribution < 1.29 is 15.0 Å². The molecule has 1 amide bonds. The Hall–Kier alpha value is -3.05. The number of hydrogen-bond acceptors (Lipinski definition) is 6. The van der Waals surface area contributed by atoms with E-state index in [-0.39, 0.29) is 17.1 Å². The van der Waals surface area contributed by atoms with Gasteiger partial charge in [0, 0.05) is 10.9 Å². The van der Waals surface area contributed by atoms with Gasteiger partial charge in [-0.2, -0.15) is 5.26 Å². The number of rotatable bonds is 4. The summed E-state index contributed by atoms with van der Waals surface area (Å²) in [5.41, 5.74) is 1.54. The monoisotopic (exact) mass is 431 g/mol. The predicted octanol–water partition coefficient (Wildman–Crippen LogP) is 5.07. The molecule has 6 nitrogen and oxygen atoms in total. The summed E-state index contributed by atoms with van der Waals surface area (Å²) in [7, 11) is 0. The van der Waals surface area contributed by atoms with Gasteiger partial charge in [0.25, 0.3) is 5.91 Å². The minimum absolute atomic E-state index is 0.184. The Morgan fingerprint density at radius 1 is 1.14 bits per heavy atom. The second-order valence-corrected chi connectivity index (χ2v) is 7.21. The number of aromatic hydroxyl groups is 2. The minimum atomic E-state index is -0.648. The number of nitrogens with one attached hydrogen (secondary N) is 1. The van der Waals surface area contributed by atoms with Crippen molar-refractivity contribution in [1.82, 2.24) is 4.98 Å². The summed E-state index contributed by atoms with van der Waals surface area (Å²) >= 11 is 13.1. The van der Waals surface area contributed by atoms with Gasteiger partial charge in [-0.15, -0.1) is 11.3 Å². The molecule has 0 saturated carbocycles. The number of anilines is 1. The van der Waals surface area contributed by atoms with Gasteiger partial charge in [-0.25, -0.2) is 4.98 Å². The van der Waals surface area contributed by atoms with Crippen LogP contribution in [0.3, 0.4) is 0 Å². The molecule has 0 spiro atoms. The van der Waals surface area contributed by atoms with Gasteiger partial charge in [-0.3, -0.25) is 10.1 Å². The maximum absolute atomic E-state index is 12.4. The zero-order chi connectivity index (χ0) is 20.3. The van der Waals surface area contributed by atoms with Crippen molar-refractivity contribution in [2.24, 2.45) is 0 Å². The number of carbonyl (C=O) groups excluding carboxylic acids is 1. The first kappa shape index (κ1) is 19.7. The molecule has 0 fully saturated rings. The molecule has 3 aromatic rings. The Morgan fingerprint density at radius 3 is 2.61 bits per heavy atom. The molecule has 28 heavy (non-hydrogen) atoms. The third-order valence-electron chi connectivity index (χ3n) is 3.62. The first-order valence-corrected chi connectivity index (χ1v) is 9.37. The minimum Gasteiger partial charge on any atom is -0.504 e. The van der Waals surface area contributed by atoms with Crippen molar-refractivity contribution in [3.8, 4) is 28.8 Å². The summed E-state index contributed by atoms with van der Waals surface area (Å²) in [5.74, 6) is -1.29. The van der Waals surface area contributed by atoms with Gasteiger partial charge in [-0.1, -0.05) is 35.3 Å². The highest BCUT2D eigenvalue weighted by Gasteiger charge is 2.13. The Kier molecular flexibility index (Phi) is 5.85. The standard InChI is InChI=1S/C19H11Cl2N3O3S/c20-13-3-2-11(7-14(13)21)15-9-28-19(23-15)24-18(27)12(8-22)5-10-1-4-16(25)17(26)6-10/h1-7,9,25-26H,(H,23,24,27)/b12-5+. The topological polar surface area (TPSA) is 106 Å². The van der Waals surface area contributed by atoms with E-state index in [0.717, 1.165) is 5.56 Å². The van der Waals surface area contributed by atoms with E-state index in [0.29, 0.717) is 26.4 Å². The summed E-state index contributed by atoms with van der Waals surface area (Å²) in [6, 6.07) is 10.9. The molecule has 0 aliphatic carbocycles. The summed E-state index contributed by atoms with van der Waals surface area (Å²) in [5, 5.41) is 33.5. The van der Waals surface area contributed by atoms with Crippen molar-refractivity contribution in [2.45, 2.75) is 0 Å². The average molecular weight is 432 g/mol. The molecule has 2 aromatic carbocycles. The molecule has 140 valence electrons. The van der Waals surface area contributed by atoms with Gasteiger partial charge >= 0.3 is 0 Å². The van der Waals surface area contributed by atoms with Crippen LogP contribution in [0.2, 0.25) is 10.0 Å². The second kappa shape index (κ2) is 8.31. The number of phenols is 2. The normalized spacial score (nSPS) is 11.1. The fourth-order valence-corrected chi connectivity index (χ4v) is 3.24. The van der Waals surface area contributed by atoms with E-state index in [9.17, 15) is 20.3 Å². The molecule has 0 atom stereocenters.